The standard InChI is InChI=1S/C17H24N2S/c1-13(2)11-19-12-14-7-8-17(15(9-14)10-18)20-16-5-3-4-6-16/h7-9,13,16,19H,3-6,11-12H2,1-2H3. The zero-order valence-corrected chi connectivity index (χ0v) is 13.3. The normalized spacial score (nSPS) is 15.7. The van der Waals surface area contributed by atoms with Crippen molar-refractivity contribution in [2.75, 3.05) is 6.54 Å². The van der Waals surface area contributed by atoms with Crippen LogP contribution in [0, 0.1) is 17.2 Å². The van der Waals surface area contributed by atoms with Crippen LogP contribution < -0.4 is 5.32 Å². The third-order valence-corrected chi connectivity index (χ3v) is 5.06. The predicted octanol–water partition coefficient (Wildman–Crippen LogP) is 4.34. The maximum Gasteiger partial charge on any atom is 0.100 e. The van der Waals surface area contributed by atoms with Gasteiger partial charge in [-0.15, -0.1) is 11.8 Å². The summed E-state index contributed by atoms with van der Waals surface area (Å²) in [5, 5.41) is 13.5. The Bertz CT molecular complexity index is 470. The molecule has 2 nitrogen and oxygen atoms in total. The summed E-state index contributed by atoms with van der Waals surface area (Å²) in [6, 6.07) is 8.70. The van der Waals surface area contributed by atoms with Crippen LogP contribution in [-0.4, -0.2) is 11.8 Å². The smallest absolute Gasteiger partial charge is 0.100 e. The zero-order chi connectivity index (χ0) is 14.4. The molecule has 1 saturated carbocycles. The molecule has 0 unspecified atom stereocenters. The van der Waals surface area contributed by atoms with Gasteiger partial charge >= 0.3 is 0 Å². The van der Waals surface area contributed by atoms with Gasteiger partial charge in [0.15, 0.2) is 0 Å². The first-order valence-corrected chi connectivity index (χ1v) is 8.47. The molecule has 1 aliphatic rings. The molecule has 0 radical (unpaired) electrons. The van der Waals surface area contributed by atoms with Crippen LogP contribution in [0.5, 0.6) is 0 Å². The highest BCUT2D eigenvalue weighted by Crippen LogP contribution is 2.36. The lowest BCUT2D eigenvalue weighted by Crippen LogP contribution is -2.19. The molecule has 0 heterocycles. The number of rotatable bonds is 6. The molecule has 0 atom stereocenters. The first-order valence-electron chi connectivity index (χ1n) is 7.59. The van der Waals surface area contributed by atoms with Crippen LogP contribution in [0.15, 0.2) is 23.1 Å². The molecule has 1 N–H and O–H groups in total. The number of thioether (sulfide) groups is 1. The number of nitrogens with one attached hydrogen (secondary N) is 1. The van der Waals surface area contributed by atoms with E-state index < -0.39 is 0 Å². The number of nitrogens with zero attached hydrogens (tertiary/aromatic N) is 1. The van der Waals surface area contributed by atoms with Gasteiger partial charge in [-0.05, 0) is 43.0 Å². The molecule has 2 rings (SSSR count). The summed E-state index contributed by atoms with van der Waals surface area (Å²) < 4.78 is 0. The molecule has 0 aromatic heterocycles. The van der Waals surface area contributed by atoms with Gasteiger partial charge in [0.25, 0.3) is 0 Å². The minimum absolute atomic E-state index is 0.655. The molecule has 0 amide bonds. The van der Waals surface area contributed by atoms with E-state index in [1.54, 1.807) is 0 Å². The second-order valence-corrected chi connectivity index (χ2v) is 7.33. The summed E-state index contributed by atoms with van der Waals surface area (Å²) in [6.45, 7) is 6.27. The van der Waals surface area contributed by atoms with E-state index in [1.165, 1.54) is 31.2 Å². The fraction of sp³-hybridized carbons (Fsp3) is 0.588. The Kier molecular flexibility index (Phi) is 5.94. The average molecular weight is 288 g/mol. The molecule has 0 saturated heterocycles. The van der Waals surface area contributed by atoms with E-state index >= 15 is 0 Å². The molecule has 20 heavy (non-hydrogen) atoms. The van der Waals surface area contributed by atoms with Crippen LogP contribution in [-0.2, 0) is 6.54 Å². The van der Waals surface area contributed by atoms with Gasteiger partial charge in [-0.1, -0.05) is 32.8 Å². The van der Waals surface area contributed by atoms with Gasteiger partial charge in [0.2, 0.25) is 0 Å². The first-order chi connectivity index (χ1) is 9.69. The summed E-state index contributed by atoms with van der Waals surface area (Å²) in [5.41, 5.74) is 2.05. The molecule has 1 aromatic carbocycles. The van der Waals surface area contributed by atoms with Gasteiger partial charge in [-0.3, -0.25) is 0 Å². The second-order valence-electron chi connectivity index (χ2n) is 5.99. The maximum absolute atomic E-state index is 9.35. The van der Waals surface area contributed by atoms with Crippen LogP contribution in [0.1, 0.15) is 50.7 Å². The number of nitriles is 1. The summed E-state index contributed by atoms with van der Waals surface area (Å²) in [6.07, 6.45) is 5.29. The average Bonchev–Trinajstić information content (AvgIpc) is 2.93. The van der Waals surface area contributed by atoms with Crippen molar-refractivity contribution in [3.05, 3.63) is 29.3 Å². The van der Waals surface area contributed by atoms with Crippen molar-refractivity contribution in [3.63, 3.8) is 0 Å². The molecule has 1 aromatic rings. The quantitative estimate of drug-likeness (QED) is 0.846. The van der Waals surface area contributed by atoms with E-state index in [0.29, 0.717) is 11.2 Å². The van der Waals surface area contributed by atoms with Gasteiger partial charge in [-0.25, -0.2) is 0 Å². The summed E-state index contributed by atoms with van der Waals surface area (Å²) >= 11 is 1.90. The van der Waals surface area contributed by atoms with Crippen molar-refractivity contribution in [1.82, 2.24) is 5.32 Å². The Morgan fingerprint density at radius 3 is 2.75 bits per heavy atom. The fourth-order valence-electron chi connectivity index (χ4n) is 2.57. The topological polar surface area (TPSA) is 35.8 Å². The van der Waals surface area contributed by atoms with Crippen molar-refractivity contribution in [2.45, 2.75) is 56.2 Å². The van der Waals surface area contributed by atoms with Gasteiger partial charge in [0, 0.05) is 16.7 Å². The van der Waals surface area contributed by atoms with E-state index in [9.17, 15) is 5.26 Å². The molecule has 1 fully saturated rings. The lowest BCUT2D eigenvalue weighted by molar-refractivity contribution is 0.552. The van der Waals surface area contributed by atoms with Crippen LogP contribution in [0.4, 0.5) is 0 Å². The van der Waals surface area contributed by atoms with Gasteiger partial charge < -0.3 is 5.32 Å². The summed E-state index contributed by atoms with van der Waals surface area (Å²) in [5.74, 6) is 0.655. The van der Waals surface area contributed by atoms with Gasteiger partial charge in [0.05, 0.1) is 5.56 Å². The van der Waals surface area contributed by atoms with E-state index in [1.807, 2.05) is 17.8 Å². The minimum Gasteiger partial charge on any atom is -0.312 e. The Morgan fingerprint density at radius 1 is 1.35 bits per heavy atom. The third-order valence-electron chi connectivity index (χ3n) is 3.64. The van der Waals surface area contributed by atoms with E-state index in [4.69, 9.17) is 0 Å². The minimum atomic E-state index is 0.655. The molecule has 3 heteroatoms. The Hall–Kier alpha value is -0.980. The van der Waals surface area contributed by atoms with E-state index in [0.717, 1.165) is 23.5 Å². The molecule has 108 valence electrons. The molecular weight excluding hydrogens is 264 g/mol. The highest BCUT2D eigenvalue weighted by Gasteiger charge is 2.17. The summed E-state index contributed by atoms with van der Waals surface area (Å²) in [4.78, 5) is 1.16. The molecule has 1 aliphatic carbocycles. The maximum atomic E-state index is 9.35. The van der Waals surface area contributed by atoms with Crippen LogP contribution in [0.2, 0.25) is 0 Å². The highest BCUT2D eigenvalue weighted by molar-refractivity contribution is 8.00. The van der Waals surface area contributed by atoms with Crippen molar-refractivity contribution in [3.8, 4) is 6.07 Å². The van der Waals surface area contributed by atoms with Crippen molar-refractivity contribution >= 4 is 11.8 Å². The number of hydrogen-bond acceptors (Lipinski definition) is 3. The van der Waals surface area contributed by atoms with Crippen molar-refractivity contribution in [2.24, 2.45) is 5.92 Å². The van der Waals surface area contributed by atoms with Crippen LogP contribution in [0.25, 0.3) is 0 Å². The number of hydrogen-bond donors (Lipinski definition) is 1. The van der Waals surface area contributed by atoms with Crippen molar-refractivity contribution in [1.29, 1.82) is 5.26 Å². The molecular formula is C17H24N2S. The van der Waals surface area contributed by atoms with Crippen LogP contribution in [0.3, 0.4) is 0 Å². The zero-order valence-electron chi connectivity index (χ0n) is 12.5. The van der Waals surface area contributed by atoms with E-state index in [2.05, 4.69) is 37.4 Å². The molecule has 0 spiro atoms. The summed E-state index contributed by atoms with van der Waals surface area (Å²) in [7, 11) is 0. The second kappa shape index (κ2) is 7.71. The SMILES string of the molecule is CC(C)CNCc1ccc(SC2CCCC2)c(C#N)c1. The Morgan fingerprint density at radius 2 is 2.10 bits per heavy atom. The largest absolute Gasteiger partial charge is 0.312 e. The third kappa shape index (κ3) is 4.54. The van der Waals surface area contributed by atoms with E-state index in [-0.39, 0.29) is 0 Å². The predicted molar refractivity (Wildman–Crippen MR) is 85.8 cm³/mol. The Balaban J connectivity index is 1.98. The van der Waals surface area contributed by atoms with Gasteiger partial charge in [-0.2, -0.15) is 5.26 Å². The lowest BCUT2D eigenvalue weighted by atomic mass is 10.1. The van der Waals surface area contributed by atoms with Crippen LogP contribution >= 0.6 is 11.8 Å². The molecule has 0 bridgehead atoms. The first kappa shape index (κ1) is 15.4. The Labute approximate surface area is 127 Å². The van der Waals surface area contributed by atoms with Gasteiger partial charge in [0.1, 0.15) is 6.07 Å². The van der Waals surface area contributed by atoms with Crippen molar-refractivity contribution < 1.29 is 0 Å². The monoisotopic (exact) mass is 288 g/mol. The lowest BCUT2D eigenvalue weighted by Gasteiger charge is -2.12. The molecule has 0 aliphatic heterocycles. The number of benzene rings is 1. The fourth-order valence-corrected chi connectivity index (χ4v) is 3.87. The highest BCUT2D eigenvalue weighted by atomic mass is 32.2.